The second-order valence-corrected chi connectivity index (χ2v) is 7.26. The van der Waals surface area contributed by atoms with Crippen molar-refractivity contribution in [2.24, 2.45) is 0 Å². The Balaban J connectivity index is 2.11. The Bertz CT molecular complexity index is 612. The smallest absolute Gasteiger partial charge is 0.408 e. The standard InChI is InChI=1S/C18H25FN2O4/c1-18(2,3)25-17(24)20-15(10-12-4-6-13(19)7-5-12)16(23)21-9-8-14(22)11-21/h4-7,14-15,22H,8-11H2,1-3H3,(H,20,24)/t14?,15-/m0/s1. The fourth-order valence-electron chi connectivity index (χ4n) is 2.67. The number of benzene rings is 1. The van der Waals surface area contributed by atoms with Gasteiger partial charge in [0, 0.05) is 19.5 Å². The lowest BCUT2D eigenvalue weighted by Crippen LogP contribution is -2.50. The van der Waals surface area contributed by atoms with Crippen molar-refractivity contribution in [2.45, 2.75) is 51.4 Å². The number of hydrogen-bond donors (Lipinski definition) is 2. The van der Waals surface area contributed by atoms with Crippen LogP contribution in [-0.4, -0.2) is 52.8 Å². The lowest BCUT2D eigenvalue weighted by atomic mass is 10.0. The molecule has 25 heavy (non-hydrogen) atoms. The Hall–Kier alpha value is -2.15. The molecule has 0 spiro atoms. The molecule has 1 heterocycles. The van der Waals surface area contributed by atoms with Crippen molar-refractivity contribution in [3.8, 4) is 0 Å². The van der Waals surface area contributed by atoms with Crippen LogP contribution in [0.25, 0.3) is 0 Å². The van der Waals surface area contributed by atoms with Crippen LogP contribution in [-0.2, 0) is 16.0 Å². The number of likely N-dealkylation sites (tertiary alicyclic amines) is 1. The highest BCUT2D eigenvalue weighted by Crippen LogP contribution is 2.14. The summed E-state index contributed by atoms with van der Waals surface area (Å²) in [7, 11) is 0. The lowest BCUT2D eigenvalue weighted by Gasteiger charge is -2.26. The summed E-state index contributed by atoms with van der Waals surface area (Å²) in [5, 5.41) is 12.2. The maximum atomic E-state index is 13.1. The van der Waals surface area contributed by atoms with Gasteiger partial charge in [0.2, 0.25) is 5.91 Å². The summed E-state index contributed by atoms with van der Waals surface area (Å²) in [6.45, 7) is 5.89. The first-order valence-electron chi connectivity index (χ1n) is 8.35. The van der Waals surface area contributed by atoms with Crippen LogP contribution in [0.5, 0.6) is 0 Å². The number of ether oxygens (including phenoxy) is 1. The van der Waals surface area contributed by atoms with Crippen LogP contribution in [0.3, 0.4) is 0 Å². The van der Waals surface area contributed by atoms with E-state index in [4.69, 9.17) is 4.74 Å². The number of carbonyl (C=O) groups is 2. The first-order valence-corrected chi connectivity index (χ1v) is 8.35. The number of carbonyl (C=O) groups excluding carboxylic acids is 2. The lowest BCUT2D eigenvalue weighted by molar-refractivity contribution is -0.132. The Morgan fingerprint density at radius 2 is 2.00 bits per heavy atom. The highest BCUT2D eigenvalue weighted by atomic mass is 19.1. The summed E-state index contributed by atoms with van der Waals surface area (Å²) in [6, 6.07) is 4.93. The molecule has 2 amide bonds. The molecule has 0 saturated carbocycles. The van der Waals surface area contributed by atoms with Crippen molar-refractivity contribution in [1.29, 1.82) is 0 Å². The average Bonchev–Trinajstić information content (AvgIpc) is 2.92. The van der Waals surface area contributed by atoms with E-state index in [1.54, 1.807) is 32.9 Å². The van der Waals surface area contributed by atoms with Gasteiger partial charge < -0.3 is 20.1 Å². The van der Waals surface area contributed by atoms with E-state index < -0.39 is 23.8 Å². The fraction of sp³-hybridized carbons (Fsp3) is 0.556. The second kappa shape index (κ2) is 7.82. The number of halogens is 1. The van der Waals surface area contributed by atoms with Crippen LogP contribution in [0.2, 0.25) is 0 Å². The van der Waals surface area contributed by atoms with E-state index in [9.17, 15) is 19.1 Å². The molecular formula is C18H25FN2O4. The Morgan fingerprint density at radius 3 is 2.52 bits per heavy atom. The summed E-state index contributed by atoms with van der Waals surface area (Å²) in [6.07, 6.45) is -0.503. The molecule has 1 aromatic rings. The maximum Gasteiger partial charge on any atom is 0.408 e. The van der Waals surface area contributed by atoms with Gasteiger partial charge >= 0.3 is 6.09 Å². The van der Waals surface area contributed by atoms with E-state index >= 15 is 0 Å². The molecule has 1 fully saturated rings. The third-order valence-corrected chi connectivity index (χ3v) is 3.82. The molecule has 2 N–H and O–H groups in total. The summed E-state index contributed by atoms with van der Waals surface area (Å²) >= 11 is 0. The zero-order chi connectivity index (χ0) is 18.6. The van der Waals surface area contributed by atoms with Crippen molar-refractivity contribution < 1.29 is 23.8 Å². The molecule has 0 bridgehead atoms. The average molecular weight is 352 g/mol. The highest BCUT2D eigenvalue weighted by Gasteiger charge is 2.32. The molecule has 1 aliphatic heterocycles. The zero-order valence-electron chi connectivity index (χ0n) is 14.8. The van der Waals surface area contributed by atoms with Crippen LogP contribution in [0.15, 0.2) is 24.3 Å². The van der Waals surface area contributed by atoms with E-state index in [0.29, 0.717) is 13.0 Å². The van der Waals surface area contributed by atoms with Crippen molar-refractivity contribution in [3.63, 3.8) is 0 Å². The minimum atomic E-state index is -0.842. The second-order valence-electron chi connectivity index (χ2n) is 7.26. The van der Waals surface area contributed by atoms with Crippen molar-refractivity contribution >= 4 is 12.0 Å². The molecule has 2 atom stereocenters. The molecule has 0 radical (unpaired) electrons. The van der Waals surface area contributed by atoms with Gasteiger partial charge in [0.25, 0.3) is 0 Å². The van der Waals surface area contributed by atoms with Gasteiger partial charge in [0.1, 0.15) is 17.5 Å². The maximum absolute atomic E-state index is 13.1. The third kappa shape index (κ3) is 6.01. The topological polar surface area (TPSA) is 78.9 Å². The SMILES string of the molecule is CC(C)(C)OC(=O)N[C@@H](Cc1ccc(F)cc1)C(=O)N1CCC(O)C1. The first-order chi connectivity index (χ1) is 11.6. The van der Waals surface area contributed by atoms with Crippen LogP contribution >= 0.6 is 0 Å². The predicted octanol–water partition coefficient (Wildman–Crippen LogP) is 1.85. The molecule has 0 aliphatic carbocycles. The molecule has 1 aliphatic rings. The molecule has 7 heteroatoms. The largest absolute Gasteiger partial charge is 0.444 e. The van der Waals surface area contributed by atoms with Gasteiger partial charge in [-0.15, -0.1) is 0 Å². The number of amides is 2. The summed E-state index contributed by atoms with van der Waals surface area (Å²) < 4.78 is 18.3. The number of alkyl carbamates (subject to hydrolysis) is 1. The fourth-order valence-corrected chi connectivity index (χ4v) is 2.67. The molecular weight excluding hydrogens is 327 g/mol. The zero-order valence-corrected chi connectivity index (χ0v) is 14.8. The third-order valence-electron chi connectivity index (χ3n) is 3.82. The van der Waals surface area contributed by atoms with E-state index in [-0.39, 0.29) is 24.7 Å². The van der Waals surface area contributed by atoms with E-state index in [0.717, 1.165) is 5.56 Å². The number of aliphatic hydroxyl groups is 1. The van der Waals surface area contributed by atoms with Crippen LogP contribution in [0, 0.1) is 5.82 Å². The van der Waals surface area contributed by atoms with E-state index in [1.807, 2.05) is 0 Å². The van der Waals surface area contributed by atoms with Gasteiger partial charge in [0.05, 0.1) is 6.10 Å². The predicted molar refractivity (Wildman–Crippen MR) is 90.5 cm³/mol. The number of nitrogens with one attached hydrogen (secondary N) is 1. The molecule has 1 unspecified atom stereocenters. The van der Waals surface area contributed by atoms with Crippen LogP contribution in [0.4, 0.5) is 9.18 Å². The Labute approximate surface area is 147 Å². The molecule has 1 saturated heterocycles. The normalized spacial score (nSPS) is 18.8. The quantitative estimate of drug-likeness (QED) is 0.867. The number of rotatable bonds is 4. The Kier molecular flexibility index (Phi) is 6.00. The highest BCUT2D eigenvalue weighted by molar-refractivity contribution is 5.86. The molecule has 1 aromatic carbocycles. The Morgan fingerprint density at radius 1 is 1.36 bits per heavy atom. The van der Waals surface area contributed by atoms with Crippen molar-refractivity contribution in [2.75, 3.05) is 13.1 Å². The summed E-state index contributed by atoms with van der Waals surface area (Å²) in [4.78, 5) is 26.3. The van der Waals surface area contributed by atoms with Gasteiger partial charge in [-0.1, -0.05) is 12.1 Å². The van der Waals surface area contributed by atoms with Crippen LogP contribution in [0.1, 0.15) is 32.8 Å². The molecule has 2 rings (SSSR count). The van der Waals surface area contributed by atoms with Gasteiger partial charge in [-0.05, 0) is 44.9 Å². The number of β-amino-alcohol motifs (C(OH)–C–C–N with tert-alkyl or cyclic N) is 1. The summed E-state index contributed by atoms with van der Waals surface area (Å²) in [5.74, 6) is -0.652. The van der Waals surface area contributed by atoms with Gasteiger partial charge in [-0.2, -0.15) is 0 Å². The van der Waals surface area contributed by atoms with Gasteiger partial charge in [-0.25, -0.2) is 9.18 Å². The van der Waals surface area contributed by atoms with E-state index in [2.05, 4.69) is 5.32 Å². The molecule has 6 nitrogen and oxygen atoms in total. The minimum absolute atomic E-state index is 0.213. The van der Waals surface area contributed by atoms with Gasteiger partial charge in [-0.3, -0.25) is 4.79 Å². The first kappa shape index (κ1) is 19.2. The molecule has 0 aromatic heterocycles. The number of hydrogen-bond acceptors (Lipinski definition) is 4. The van der Waals surface area contributed by atoms with Crippen LogP contribution < -0.4 is 5.32 Å². The number of nitrogens with zero attached hydrogens (tertiary/aromatic N) is 1. The van der Waals surface area contributed by atoms with Crippen molar-refractivity contribution in [3.05, 3.63) is 35.6 Å². The molecule has 138 valence electrons. The van der Waals surface area contributed by atoms with Crippen molar-refractivity contribution in [1.82, 2.24) is 10.2 Å². The van der Waals surface area contributed by atoms with E-state index in [1.165, 1.54) is 17.0 Å². The minimum Gasteiger partial charge on any atom is -0.444 e. The number of aliphatic hydroxyl groups excluding tert-OH is 1. The summed E-state index contributed by atoms with van der Waals surface area (Å²) in [5.41, 5.74) is 0.0350. The van der Waals surface area contributed by atoms with Gasteiger partial charge in [0.15, 0.2) is 0 Å². The monoisotopic (exact) mass is 352 g/mol.